The first kappa shape index (κ1) is 80.6. The van der Waals surface area contributed by atoms with Gasteiger partial charge in [0.2, 0.25) is 17.7 Å². The number of nitrogens with one attached hydrogen (secondary N) is 9. The smallest absolute Gasteiger partial charge is 0.343 e. The number of amides is 6. The van der Waals surface area contributed by atoms with Gasteiger partial charge in [-0.25, -0.2) is 14.4 Å². The molecule has 0 radical (unpaired) electrons. The average molecular weight is 1490 g/mol. The van der Waals surface area contributed by atoms with Crippen molar-refractivity contribution in [2.75, 3.05) is 81.5 Å². The number of likely N-dealkylation sites (tertiary alicyclic amines) is 3. The van der Waals surface area contributed by atoms with E-state index in [0.717, 1.165) is 127 Å². The lowest BCUT2D eigenvalue weighted by molar-refractivity contribution is -0.149. The highest BCUT2D eigenvalue weighted by atomic mass is 16.5. The van der Waals surface area contributed by atoms with Gasteiger partial charge >= 0.3 is 24.1 Å². The molecule has 3 aromatic heterocycles. The lowest BCUT2D eigenvalue weighted by atomic mass is 9.72. The number of benzene rings is 3. The minimum absolute atomic E-state index is 0.00618. The SMILES string of the molecule is CCOC(=O)C1CCC(N2CC(NC(=O)CNc3nn(C(=O)NC(C)(C)C)c4ccc(C)cc34)C2)CC1.Cc1ccc2c(c1)c(NCC(=O)NC1CN(C3CCC(C(C)C)CC3)C1)nn2C(=O)NC(C)C.Cc1ccc2c(c1)c(NCC(=O)NC1CN(C3CCC(C4CCCCC4)CC3)C1)nn2C(=O)NC(C)C. The Bertz CT molecular complexity index is 4070. The molecule has 0 unspecified atom stereocenters. The number of rotatable bonds is 21. The molecule has 108 heavy (non-hydrogen) atoms. The Morgan fingerprint density at radius 1 is 0.454 bits per heavy atom. The zero-order valence-corrected chi connectivity index (χ0v) is 66.6. The van der Waals surface area contributed by atoms with Gasteiger partial charge in [-0.1, -0.05) is 80.8 Å². The molecule has 26 heteroatoms. The number of fused-ring (bicyclic) bond motifs is 3. The van der Waals surface area contributed by atoms with Gasteiger partial charge in [0.1, 0.15) is 0 Å². The van der Waals surface area contributed by atoms with Gasteiger partial charge in [0.25, 0.3) is 0 Å². The maximum Gasteiger partial charge on any atom is 0.343 e. The summed E-state index contributed by atoms with van der Waals surface area (Å²) in [4.78, 5) is 95.4. The molecule has 3 aliphatic heterocycles. The maximum absolute atomic E-state index is 12.8. The highest BCUT2D eigenvalue weighted by Crippen LogP contribution is 2.41. The molecule has 3 aromatic carbocycles. The number of ether oxygens (including phenoxy) is 1. The first-order valence-corrected chi connectivity index (χ1v) is 40.5. The van der Waals surface area contributed by atoms with Crippen LogP contribution in [-0.2, 0) is 23.9 Å². The zero-order valence-electron chi connectivity index (χ0n) is 66.6. The van der Waals surface area contributed by atoms with Crippen LogP contribution in [0.2, 0.25) is 0 Å². The highest BCUT2D eigenvalue weighted by Gasteiger charge is 2.40. The van der Waals surface area contributed by atoms with Gasteiger partial charge in [0, 0.05) is 91.2 Å². The minimum atomic E-state index is -0.398. The molecule has 4 aliphatic carbocycles. The number of anilines is 3. The number of hydrogen-bond donors (Lipinski definition) is 9. The summed E-state index contributed by atoms with van der Waals surface area (Å²) < 4.78 is 9.26. The normalized spacial score (nSPS) is 22.0. The van der Waals surface area contributed by atoms with E-state index in [9.17, 15) is 33.6 Å². The van der Waals surface area contributed by atoms with Crippen LogP contribution in [-0.4, -0.2) is 205 Å². The monoisotopic (exact) mass is 1490 g/mol. The van der Waals surface area contributed by atoms with Crippen molar-refractivity contribution in [2.45, 2.75) is 253 Å². The van der Waals surface area contributed by atoms with Gasteiger partial charge in [-0.05, 0) is 213 Å². The molecule has 13 rings (SSSR count). The zero-order chi connectivity index (χ0) is 77.1. The molecule has 26 nitrogen and oxygen atoms in total. The molecule has 7 fully saturated rings. The Balaban J connectivity index is 0.000000161. The fourth-order valence-electron chi connectivity index (χ4n) is 17.2. The summed E-state index contributed by atoms with van der Waals surface area (Å²) in [6, 6.07) is 19.0. The van der Waals surface area contributed by atoms with Crippen LogP contribution in [0.5, 0.6) is 0 Å². The average Bonchev–Trinajstić information content (AvgIpc) is 1.64. The maximum atomic E-state index is 12.8. The fraction of sp³-hybridized carbons (Fsp3) is 0.659. The Labute approximate surface area is 638 Å². The number of nitrogens with zero attached hydrogens (tertiary/aromatic N) is 9. The van der Waals surface area contributed by atoms with Gasteiger partial charge in [-0.3, -0.25) is 33.9 Å². The van der Waals surface area contributed by atoms with Gasteiger partial charge < -0.3 is 52.6 Å². The van der Waals surface area contributed by atoms with E-state index in [4.69, 9.17) is 4.74 Å². The van der Waals surface area contributed by atoms with Crippen molar-refractivity contribution in [1.29, 1.82) is 0 Å². The van der Waals surface area contributed by atoms with Crippen molar-refractivity contribution in [1.82, 2.24) is 75.9 Å². The quantitative estimate of drug-likeness (QED) is 0.0303. The van der Waals surface area contributed by atoms with Crippen LogP contribution in [0.25, 0.3) is 32.7 Å². The van der Waals surface area contributed by atoms with Gasteiger partial charge in [-0.2, -0.15) is 14.0 Å². The summed E-state index contributed by atoms with van der Waals surface area (Å²) in [6.45, 7) is 32.1. The third-order valence-corrected chi connectivity index (χ3v) is 23.1. The molecule has 590 valence electrons. The Kier molecular flexibility index (Phi) is 27.2. The van der Waals surface area contributed by atoms with Crippen LogP contribution in [0, 0.1) is 50.4 Å². The second-order valence-corrected chi connectivity index (χ2v) is 34.0. The van der Waals surface area contributed by atoms with E-state index >= 15 is 0 Å². The predicted octanol–water partition coefficient (Wildman–Crippen LogP) is 11.4. The van der Waals surface area contributed by atoms with E-state index in [0.29, 0.717) is 53.2 Å². The number of aryl methyl sites for hydroxylation is 3. The third-order valence-electron chi connectivity index (χ3n) is 23.1. The number of carbonyl (C=O) groups is 7. The number of carbonyl (C=O) groups excluding carboxylic acids is 7. The van der Waals surface area contributed by atoms with E-state index in [2.05, 4.69) is 91.7 Å². The molecule has 6 heterocycles. The summed E-state index contributed by atoms with van der Waals surface area (Å²) in [7, 11) is 0. The summed E-state index contributed by atoms with van der Waals surface area (Å²) in [6.07, 6.45) is 21.6. The van der Waals surface area contributed by atoms with Crippen LogP contribution in [0.1, 0.15) is 195 Å². The van der Waals surface area contributed by atoms with E-state index in [1.54, 1.807) is 0 Å². The predicted molar refractivity (Wildman–Crippen MR) is 426 cm³/mol. The number of hydrogen-bond acceptors (Lipinski definition) is 17. The Morgan fingerprint density at radius 3 is 1.14 bits per heavy atom. The first-order chi connectivity index (χ1) is 51.6. The van der Waals surface area contributed by atoms with Crippen LogP contribution in [0.4, 0.5) is 31.8 Å². The van der Waals surface area contributed by atoms with Crippen molar-refractivity contribution in [2.24, 2.45) is 29.6 Å². The molecule has 6 amide bonds. The van der Waals surface area contributed by atoms with Crippen LogP contribution < -0.4 is 47.9 Å². The molecule has 9 N–H and O–H groups in total. The first-order valence-electron chi connectivity index (χ1n) is 40.5. The molecule has 0 bridgehead atoms. The van der Waals surface area contributed by atoms with Crippen molar-refractivity contribution >= 4 is 91.9 Å². The Morgan fingerprint density at radius 2 is 0.796 bits per heavy atom. The van der Waals surface area contributed by atoms with Crippen LogP contribution in [0.3, 0.4) is 0 Å². The van der Waals surface area contributed by atoms with Crippen molar-refractivity contribution in [3.05, 3.63) is 71.3 Å². The molecule has 3 saturated heterocycles. The Hall–Kier alpha value is -8.36. The molecule has 7 aliphatic rings. The molecular weight excluding hydrogens is 1370 g/mol. The van der Waals surface area contributed by atoms with Gasteiger partial charge in [-0.15, -0.1) is 15.3 Å². The molecule has 0 spiro atoms. The molecule has 4 saturated carbocycles. The molecule has 6 aromatic rings. The van der Waals surface area contributed by atoms with Gasteiger partial charge in [0.15, 0.2) is 17.5 Å². The van der Waals surface area contributed by atoms with E-state index in [-0.39, 0.29) is 97.5 Å². The fourth-order valence-corrected chi connectivity index (χ4v) is 17.2. The molecular formula is C82H124N18O8. The van der Waals surface area contributed by atoms with E-state index < -0.39 is 5.54 Å². The van der Waals surface area contributed by atoms with E-state index in [1.165, 1.54) is 97.5 Å². The minimum Gasteiger partial charge on any atom is -0.466 e. The topological polar surface area (TPSA) is 300 Å². The summed E-state index contributed by atoms with van der Waals surface area (Å²) >= 11 is 0. The largest absolute Gasteiger partial charge is 0.466 e. The molecule has 0 atom stereocenters. The van der Waals surface area contributed by atoms with Crippen LogP contribution in [0.15, 0.2) is 54.6 Å². The lowest BCUT2D eigenvalue weighted by Crippen LogP contribution is -2.63. The number of esters is 1. The number of aromatic nitrogens is 6. The van der Waals surface area contributed by atoms with Gasteiger partial charge in [0.05, 0.1) is 66.8 Å². The summed E-state index contributed by atoms with van der Waals surface area (Å²) in [5.74, 6) is 4.99. The standard InChI is InChI=1S/C29H44N6O2.C27H40N6O4.C26H40N6O2/c1-19(2)31-29(37)35-26-14-9-20(3)15-25(26)28(33-35)30-16-27(36)32-23-17-34(18-23)24-12-10-22(11-13-24)21-7-5-4-6-8-21;1-6-37-25(35)18-8-10-20(11-9-18)32-15-19(16-32)29-23(34)14-28-24-21-13-17(2)7-12-22(21)33(31-24)26(36)30-27(3,4)5;1-16(2)19-7-9-21(10-8-19)31-14-20(15-31)29-24(33)13-27-25-22-12-18(5)6-11-23(22)32(30-25)26(34)28-17(3)4/h9,14-15,19,21-24H,4-8,10-13,16-18H2,1-3H3,(H,30,33)(H,31,37)(H,32,36);7,12-13,18-20H,6,8-11,14-16H2,1-5H3,(H,28,31)(H,29,34)(H,30,36);6,11-12,16-17,19-21H,7-10,13-15H2,1-5H3,(H,27,30)(H,28,34)(H,29,33). The van der Waals surface area contributed by atoms with Crippen LogP contribution >= 0.6 is 0 Å². The van der Waals surface area contributed by atoms with Crippen molar-refractivity contribution in [3.63, 3.8) is 0 Å². The highest BCUT2D eigenvalue weighted by molar-refractivity contribution is 6.00. The van der Waals surface area contributed by atoms with E-state index in [1.807, 2.05) is 131 Å². The second kappa shape index (κ2) is 36.4. The second-order valence-electron chi connectivity index (χ2n) is 34.0. The lowest BCUT2D eigenvalue weighted by Gasteiger charge is -2.47. The van der Waals surface area contributed by atoms with Crippen molar-refractivity contribution in [3.8, 4) is 0 Å². The summed E-state index contributed by atoms with van der Waals surface area (Å²) in [5, 5.41) is 43.4. The third kappa shape index (κ3) is 21.2. The van der Waals surface area contributed by atoms with Crippen molar-refractivity contribution < 1.29 is 38.3 Å². The summed E-state index contributed by atoms with van der Waals surface area (Å²) in [5.41, 5.74) is 4.91.